The summed E-state index contributed by atoms with van der Waals surface area (Å²) < 4.78 is 0. The van der Waals surface area contributed by atoms with Crippen molar-refractivity contribution in [1.29, 1.82) is 0 Å². The van der Waals surface area contributed by atoms with Crippen LogP contribution in [-0.4, -0.2) is 5.75 Å². The molecule has 18 heavy (non-hydrogen) atoms. The Morgan fingerprint density at radius 3 is 2.67 bits per heavy atom. The number of benzene rings is 1. The smallest absolute Gasteiger partial charge is 0.0604 e. The van der Waals surface area contributed by atoms with Crippen LogP contribution in [0.15, 0.2) is 46.7 Å². The first-order valence-electron chi connectivity index (χ1n) is 6.37. The Morgan fingerprint density at radius 1 is 1.17 bits per heavy atom. The van der Waals surface area contributed by atoms with Gasteiger partial charge in [-0.3, -0.25) is 0 Å². The fourth-order valence-electron chi connectivity index (χ4n) is 1.92. The lowest BCUT2D eigenvalue weighted by atomic mass is 10.1. The van der Waals surface area contributed by atoms with Gasteiger partial charge in [0, 0.05) is 15.5 Å². The lowest BCUT2D eigenvalue weighted by Crippen LogP contribution is -2.08. The molecule has 0 radical (unpaired) electrons. The van der Waals surface area contributed by atoms with Gasteiger partial charge < -0.3 is 5.32 Å². The van der Waals surface area contributed by atoms with Crippen LogP contribution in [0.4, 0.5) is 5.69 Å². The molecule has 1 unspecified atom stereocenters. The van der Waals surface area contributed by atoms with E-state index in [0.717, 1.165) is 12.2 Å². The Kier molecular flexibility index (Phi) is 5.14. The second-order valence-corrected chi connectivity index (χ2v) is 6.33. The molecule has 0 aliphatic carbocycles. The lowest BCUT2D eigenvalue weighted by molar-refractivity contribution is 0.761. The van der Waals surface area contributed by atoms with Crippen molar-refractivity contribution in [2.75, 3.05) is 11.1 Å². The van der Waals surface area contributed by atoms with Gasteiger partial charge in [-0.1, -0.05) is 32.0 Å². The van der Waals surface area contributed by atoms with Gasteiger partial charge in [0.25, 0.3) is 0 Å². The molecule has 0 amide bonds. The summed E-state index contributed by atoms with van der Waals surface area (Å²) >= 11 is 3.72. The quantitative estimate of drug-likeness (QED) is 0.707. The summed E-state index contributed by atoms with van der Waals surface area (Å²) in [6.07, 6.45) is 1.10. The highest BCUT2D eigenvalue weighted by Crippen LogP contribution is 2.32. The van der Waals surface area contributed by atoms with E-state index in [1.165, 1.54) is 15.5 Å². The monoisotopic (exact) mass is 277 g/mol. The second kappa shape index (κ2) is 6.86. The maximum absolute atomic E-state index is 3.67. The molecule has 0 aliphatic heterocycles. The molecular formula is C15H19NS2. The number of hydrogen-bond acceptors (Lipinski definition) is 3. The standard InChI is InChI=1S/C15H19NS2/c1-3-12(14-10-7-11-18-14)16-13-8-5-6-9-15(13)17-4-2/h5-12,16H,3-4H2,1-2H3. The molecule has 2 aromatic rings. The van der Waals surface area contributed by atoms with Crippen LogP contribution in [0, 0.1) is 0 Å². The van der Waals surface area contributed by atoms with Crippen LogP contribution < -0.4 is 5.32 Å². The zero-order valence-corrected chi connectivity index (χ0v) is 12.5. The zero-order chi connectivity index (χ0) is 12.8. The topological polar surface area (TPSA) is 12.0 Å². The summed E-state index contributed by atoms with van der Waals surface area (Å²) in [5.74, 6) is 1.11. The van der Waals surface area contributed by atoms with E-state index in [2.05, 4.69) is 60.9 Å². The van der Waals surface area contributed by atoms with Crippen LogP contribution in [0.5, 0.6) is 0 Å². The van der Waals surface area contributed by atoms with Gasteiger partial charge >= 0.3 is 0 Å². The molecule has 0 spiro atoms. The maximum Gasteiger partial charge on any atom is 0.0604 e. The second-order valence-electron chi connectivity index (χ2n) is 4.05. The summed E-state index contributed by atoms with van der Waals surface area (Å²) in [6.45, 7) is 4.42. The Labute approximate surface area is 118 Å². The highest BCUT2D eigenvalue weighted by atomic mass is 32.2. The fraction of sp³-hybridized carbons (Fsp3) is 0.333. The Balaban J connectivity index is 2.17. The third-order valence-electron chi connectivity index (χ3n) is 2.81. The Bertz CT molecular complexity index is 465. The molecular weight excluding hydrogens is 258 g/mol. The largest absolute Gasteiger partial charge is 0.377 e. The zero-order valence-electron chi connectivity index (χ0n) is 10.8. The van der Waals surface area contributed by atoms with Gasteiger partial charge in [0.15, 0.2) is 0 Å². The first-order chi connectivity index (χ1) is 8.85. The van der Waals surface area contributed by atoms with E-state index in [-0.39, 0.29) is 0 Å². The molecule has 1 nitrogen and oxygen atoms in total. The van der Waals surface area contributed by atoms with Crippen LogP contribution >= 0.6 is 23.1 Å². The Morgan fingerprint density at radius 2 is 2.00 bits per heavy atom. The van der Waals surface area contributed by atoms with Gasteiger partial charge in [0.05, 0.1) is 6.04 Å². The number of hydrogen-bond donors (Lipinski definition) is 1. The molecule has 1 aromatic carbocycles. The third-order valence-corrected chi connectivity index (χ3v) is 4.75. The average molecular weight is 277 g/mol. The molecule has 1 heterocycles. The van der Waals surface area contributed by atoms with Crippen molar-refractivity contribution >= 4 is 28.8 Å². The predicted octanol–water partition coefficient (Wildman–Crippen LogP) is 5.42. The van der Waals surface area contributed by atoms with E-state index in [1.807, 2.05) is 23.1 Å². The molecule has 2 rings (SSSR count). The average Bonchev–Trinajstić information content (AvgIpc) is 2.92. The minimum Gasteiger partial charge on any atom is -0.377 e. The normalized spacial score (nSPS) is 12.3. The molecule has 0 saturated carbocycles. The fourth-order valence-corrected chi connectivity index (χ4v) is 3.55. The van der Waals surface area contributed by atoms with Crippen LogP contribution in [0.1, 0.15) is 31.2 Å². The molecule has 0 aliphatic rings. The predicted molar refractivity (Wildman–Crippen MR) is 83.8 cm³/mol. The molecule has 1 N–H and O–H groups in total. The molecule has 96 valence electrons. The van der Waals surface area contributed by atoms with Gasteiger partial charge in [0.1, 0.15) is 0 Å². The minimum atomic E-state index is 0.420. The van der Waals surface area contributed by atoms with Crippen molar-refractivity contribution in [1.82, 2.24) is 0 Å². The van der Waals surface area contributed by atoms with Gasteiger partial charge in [0.2, 0.25) is 0 Å². The van der Waals surface area contributed by atoms with E-state index >= 15 is 0 Å². The molecule has 0 fully saturated rings. The van der Waals surface area contributed by atoms with Crippen molar-refractivity contribution in [3.05, 3.63) is 46.7 Å². The first-order valence-corrected chi connectivity index (χ1v) is 8.23. The highest BCUT2D eigenvalue weighted by Gasteiger charge is 2.11. The SMILES string of the molecule is CCSc1ccccc1NC(CC)c1cccs1. The van der Waals surface area contributed by atoms with Gasteiger partial charge in [-0.2, -0.15) is 0 Å². The van der Waals surface area contributed by atoms with Crippen LogP contribution in [0.3, 0.4) is 0 Å². The van der Waals surface area contributed by atoms with Crippen LogP contribution in [0.25, 0.3) is 0 Å². The van der Waals surface area contributed by atoms with Gasteiger partial charge in [-0.05, 0) is 35.8 Å². The number of anilines is 1. The number of para-hydroxylation sites is 1. The molecule has 3 heteroatoms. The van der Waals surface area contributed by atoms with Crippen LogP contribution in [-0.2, 0) is 0 Å². The van der Waals surface area contributed by atoms with Crippen molar-refractivity contribution in [3.63, 3.8) is 0 Å². The van der Waals surface area contributed by atoms with Crippen molar-refractivity contribution in [3.8, 4) is 0 Å². The first kappa shape index (κ1) is 13.5. The van der Waals surface area contributed by atoms with E-state index in [1.54, 1.807) is 0 Å². The summed E-state index contributed by atoms with van der Waals surface area (Å²) in [7, 11) is 0. The van der Waals surface area contributed by atoms with Crippen LogP contribution in [0.2, 0.25) is 0 Å². The van der Waals surface area contributed by atoms with E-state index in [0.29, 0.717) is 6.04 Å². The van der Waals surface area contributed by atoms with E-state index in [9.17, 15) is 0 Å². The van der Waals surface area contributed by atoms with E-state index < -0.39 is 0 Å². The van der Waals surface area contributed by atoms with Crippen molar-refractivity contribution < 1.29 is 0 Å². The molecule has 1 aromatic heterocycles. The number of thiophene rings is 1. The highest BCUT2D eigenvalue weighted by molar-refractivity contribution is 7.99. The van der Waals surface area contributed by atoms with E-state index in [4.69, 9.17) is 0 Å². The van der Waals surface area contributed by atoms with Crippen molar-refractivity contribution in [2.24, 2.45) is 0 Å². The molecule has 0 bridgehead atoms. The number of thioether (sulfide) groups is 1. The minimum absolute atomic E-state index is 0.420. The lowest BCUT2D eigenvalue weighted by Gasteiger charge is -2.19. The number of rotatable bonds is 6. The number of nitrogens with one attached hydrogen (secondary N) is 1. The molecule has 0 saturated heterocycles. The summed E-state index contributed by atoms with van der Waals surface area (Å²) in [5, 5.41) is 5.82. The summed E-state index contributed by atoms with van der Waals surface area (Å²) in [4.78, 5) is 2.75. The molecule has 1 atom stereocenters. The Hall–Kier alpha value is -0.930. The van der Waals surface area contributed by atoms with Gasteiger partial charge in [-0.25, -0.2) is 0 Å². The maximum atomic E-state index is 3.67. The summed E-state index contributed by atoms with van der Waals surface area (Å²) in [6, 6.07) is 13.3. The van der Waals surface area contributed by atoms with Gasteiger partial charge in [-0.15, -0.1) is 23.1 Å². The van der Waals surface area contributed by atoms with Crippen molar-refractivity contribution in [2.45, 2.75) is 31.2 Å². The third kappa shape index (κ3) is 3.30. The summed E-state index contributed by atoms with van der Waals surface area (Å²) in [5.41, 5.74) is 1.25.